The second-order valence-corrected chi connectivity index (χ2v) is 8.53. The Morgan fingerprint density at radius 2 is 1.80 bits per heavy atom. The lowest BCUT2D eigenvalue weighted by atomic mass is 9.56. The van der Waals surface area contributed by atoms with Crippen molar-refractivity contribution < 1.29 is 9.59 Å². The van der Waals surface area contributed by atoms with E-state index < -0.39 is 0 Å². The number of ketones is 2. The van der Waals surface area contributed by atoms with Gasteiger partial charge in [0.05, 0.1) is 0 Å². The number of fused-ring (bicyclic) bond motifs is 5. The van der Waals surface area contributed by atoms with E-state index in [1.54, 1.807) is 0 Å². The normalized spacial score (nSPS) is 54.5. The molecule has 110 valence electrons. The molecule has 4 saturated carbocycles. The SMILES string of the molecule is C[C@@]12CCC[C@H]1[C@@H]1C(=O)[C@@H]3CC(=O)CC[C@]3(C)[C@H]1CC2. The van der Waals surface area contributed by atoms with Crippen LogP contribution in [0.4, 0.5) is 0 Å². The zero-order valence-electron chi connectivity index (χ0n) is 12.8. The van der Waals surface area contributed by atoms with Crippen molar-refractivity contribution in [2.75, 3.05) is 0 Å². The Morgan fingerprint density at radius 3 is 2.60 bits per heavy atom. The Hall–Kier alpha value is -0.660. The van der Waals surface area contributed by atoms with E-state index >= 15 is 0 Å². The van der Waals surface area contributed by atoms with E-state index in [1.165, 1.54) is 32.1 Å². The summed E-state index contributed by atoms with van der Waals surface area (Å²) in [6.45, 7) is 4.74. The van der Waals surface area contributed by atoms with Crippen molar-refractivity contribution in [1.82, 2.24) is 0 Å². The van der Waals surface area contributed by atoms with Crippen LogP contribution in [0.5, 0.6) is 0 Å². The van der Waals surface area contributed by atoms with E-state index in [9.17, 15) is 9.59 Å². The van der Waals surface area contributed by atoms with Crippen LogP contribution in [0.2, 0.25) is 0 Å². The largest absolute Gasteiger partial charge is 0.300 e. The van der Waals surface area contributed by atoms with Crippen LogP contribution in [0.1, 0.15) is 65.2 Å². The predicted molar refractivity (Wildman–Crippen MR) is 77.1 cm³/mol. The molecule has 0 aromatic carbocycles. The van der Waals surface area contributed by atoms with Crippen molar-refractivity contribution in [3.8, 4) is 0 Å². The number of hydrogen-bond acceptors (Lipinski definition) is 2. The van der Waals surface area contributed by atoms with E-state index in [4.69, 9.17) is 0 Å². The summed E-state index contributed by atoms with van der Waals surface area (Å²) in [5, 5.41) is 0. The molecular formula is C18H26O2. The maximum absolute atomic E-state index is 13.1. The second kappa shape index (κ2) is 3.96. The van der Waals surface area contributed by atoms with Crippen LogP contribution in [0.15, 0.2) is 0 Å². The van der Waals surface area contributed by atoms with Crippen molar-refractivity contribution in [3.63, 3.8) is 0 Å². The zero-order valence-corrected chi connectivity index (χ0v) is 12.8. The second-order valence-electron chi connectivity index (χ2n) is 8.53. The molecule has 0 heterocycles. The number of rotatable bonds is 0. The van der Waals surface area contributed by atoms with Crippen LogP contribution in [0.25, 0.3) is 0 Å². The summed E-state index contributed by atoms with van der Waals surface area (Å²) in [6, 6.07) is 0. The lowest BCUT2D eigenvalue weighted by Crippen LogP contribution is -2.42. The molecule has 0 aliphatic heterocycles. The van der Waals surface area contributed by atoms with Gasteiger partial charge in [-0.2, -0.15) is 0 Å². The highest BCUT2D eigenvalue weighted by Crippen LogP contribution is 2.66. The first kappa shape index (κ1) is 13.0. The molecule has 20 heavy (non-hydrogen) atoms. The van der Waals surface area contributed by atoms with Crippen molar-refractivity contribution in [2.45, 2.75) is 65.2 Å². The van der Waals surface area contributed by atoms with Crippen LogP contribution in [0, 0.1) is 34.5 Å². The Labute approximate surface area is 121 Å². The molecule has 2 nitrogen and oxygen atoms in total. The third-order valence-electron chi connectivity index (χ3n) is 7.74. The van der Waals surface area contributed by atoms with E-state index in [-0.39, 0.29) is 17.3 Å². The van der Waals surface area contributed by atoms with Crippen LogP contribution >= 0.6 is 0 Å². The smallest absolute Gasteiger partial charge is 0.140 e. The first-order valence-electron chi connectivity index (χ1n) is 8.51. The highest BCUT2D eigenvalue weighted by Gasteiger charge is 2.64. The number of Topliss-reactive ketones (excluding diaryl/α,β-unsaturated/α-hetero) is 2. The van der Waals surface area contributed by atoms with E-state index in [0.29, 0.717) is 41.7 Å². The number of carbonyl (C=O) groups is 2. The van der Waals surface area contributed by atoms with Crippen molar-refractivity contribution >= 4 is 11.6 Å². The molecule has 0 radical (unpaired) electrons. The average molecular weight is 274 g/mol. The molecule has 0 N–H and O–H groups in total. The summed E-state index contributed by atoms with van der Waals surface area (Å²) in [4.78, 5) is 24.9. The Kier molecular flexibility index (Phi) is 2.58. The van der Waals surface area contributed by atoms with Gasteiger partial charge in [-0.15, -0.1) is 0 Å². The zero-order chi connectivity index (χ0) is 14.1. The van der Waals surface area contributed by atoms with Gasteiger partial charge in [0.2, 0.25) is 0 Å². The molecule has 6 atom stereocenters. The maximum atomic E-state index is 13.1. The monoisotopic (exact) mass is 274 g/mol. The predicted octanol–water partition coefficient (Wildman–Crippen LogP) is 3.78. The summed E-state index contributed by atoms with van der Waals surface area (Å²) in [5.41, 5.74) is 0.560. The summed E-state index contributed by atoms with van der Waals surface area (Å²) in [5.74, 6) is 2.34. The van der Waals surface area contributed by atoms with Crippen molar-refractivity contribution in [1.29, 1.82) is 0 Å². The molecule has 2 heteroatoms. The van der Waals surface area contributed by atoms with Gasteiger partial charge < -0.3 is 0 Å². The molecule has 4 fully saturated rings. The lowest BCUT2D eigenvalue weighted by molar-refractivity contribution is -0.133. The summed E-state index contributed by atoms with van der Waals surface area (Å²) >= 11 is 0. The fourth-order valence-corrected chi connectivity index (χ4v) is 6.51. The van der Waals surface area contributed by atoms with Gasteiger partial charge in [-0.3, -0.25) is 9.59 Å². The van der Waals surface area contributed by atoms with Crippen LogP contribution in [0.3, 0.4) is 0 Å². The standard InChI is InChI=1S/C18H26O2/c1-17-7-3-4-12(17)15-13(6-8-17)18(2)9-5-11(19)10-14(18)16(15)20/h12-15H,3-10H2,1-2H3/t12-,13-,14-,15-,17-,18+/m0/s1. The minimum Gasteiger partial charge on any atom is -0.300 e. The summed E-state index contributed by atoms with van der Waals surface area (Å²) in [6.07, 6.45) is 8.63. The van der Waals surface area contributed by atoms with Crippen molar-refractivity contribution in [2.24, 2.45) is 34.5 Å². The first-order valence-corrected chi connectivity index (χ1v) is 8.51. The van der Waals surface area contributed by atoms with Crippen LogP contribution in [-0.4, -0.2) is 11.6 Å². The van der Waals surface area contributed by atoms with Crippen LogP contribution < -0.4 is 0 Å². The molecule has 0 spiro atoms. The van der Waals surface area contributed by atoms with Gasteiger partial charge >= 0.3 is 0 Å². The van der Waals surface area contributed by atoms with E-state index in [2.05, 4.69) is 13.8 Å². The summed E-state index contributed by atoms with van der Waals surface area (Å²) < 4.78 is 0. The van der Waals surface area contributed by atoms with Gasteiger partial charge in [-0.1, -0.05) is 20.3 Å². The molecular weight excluding hydrogens is 248 g/mol. The molecule has 0 unspecified atom stereocenters. The highest BCUT2D eigenvalue weighted by atomic mass is 16.1. The van der Waals surface area contributed by atoms with Gasteiger partial charge in [-0.25, -0.2) is 0 Å². The van der Waals surface area contributed by atoms with E-state index in [1.807, 2.05) is 0 Å². The molecule has 4 aliphatic carbocycles. The molecule has 0 aromatic rings. The molecule has 0 aromatic heterocycles. The van der Waals surface area contributed by atoms with Gasteiger partial charge in [0, 0.05) is 24.7 Å². The molecule has 0 amide bonds. The topological polar surface area (TPSA) is 34.1 Å². The third-order valence-corrected chi connectivity index (χ3v) is 7.74. The van der Waals surface area contributed by atoms with Crippen molar-refractivity contribution in [3.05, 3.63) is 0 Å². The van der Waals surface area contributed by atoms with E-state index in [0.717, 1.165) is 6.42 Å². The molecule has 0 bridgehead atoms. The minimum absolute atomic E-state index is 0.0571. The number of carbonyl (C=O) groups excluding carboxylic acids is 2. The Bertz CT molecular complexity index is 482. The van der Waals surface area contributed by atoms with Gasteiger partial charge in [-0.05, 0) is 54.8 Å². The maximum Gasteiger partial charge on any atom is 0.140 e. The molecule has 0 saturated heterocycles. The third kappa shape index (κ3) is 1.46. The van der Waals surface area contributed by atoms with Gasteiger partial charge in [0.15, 0.2) is 0 Å². The fourth-order valence-electron chi connectivity index (χ4n) is 6.51. The Morgan fingerprint density at radius 1 is 1.00 bits per heavy atom. The quantitative estimate of drug-likeness (QED) is 0.673. The molecule has 4 aliphatic rings. The lowest BCUT2D eigenvalue weighted by Gasteiger charge is -2.47. The Balaban J connectivity index is 1.74. The highest BCUT2D eigenvalue weighted by molar-refractivity contribution is 5.93. The first-order chi connectivity index (χ1) is 9.46. The average Bonchev–Trinajstić information content (AvgIpc) is 2.89. The van der Waals surface area contributed by atoms with Gasteiger partial charge in [0.1, 0.15) is 11.6 Å². The number of hydrogen-bond donors (Lipinski definition) is 0. The fraction of sp³-hybridized carbons (Fsp3) is 0.889. The van der Waals surface area contributed by atoms with Crippen LogP contribution in [-0.2, 0) is 9.59 Å². The minimum atomic E-state index is 0.0571. The molecule has 4 rings (SSSR count). The summed E-state index contributed by atoms with van der Waals surface area (Å²) in [7, 11) is 0. The van der Waals surface area contributed by atoms with Gasteiger partial charge in [0.25, 0.3) is 0 Å².